The number of amides is 1. The van der Waals surface area contributed by atoms with E-state index >= 15 is 0 Å². The number of aromatic nitrogens is 3. The predicted octanol–water partition coefficient (Wildman–Crippen LogP) is 5.05. The Morgan fingerprint density at radius 1 is 0.921 bits per heavy atom. The number of nitrogens with zero attached hydrogens (tertiary/aromatic N) is 3. The number of benzene rings is 3. The predicted molar refractivity (Wildman–Crippen MR) is 143 cm³/mol. The molecule has 2 heterocycles. The average molecular weight is 527 g/mol. The number of carboxylic acid groups (broad SMARTS) is 1. The number of nitrogens with one attached hydrogen (secondary N) is 1. The molecule has 0 saturated carbocycles. The van der Waals surface area contributed by atoms with Crippen LogP contribution in [0.3, 0.4) is 0 Å². The topological polar surface area (TPSA) is 106 Å². The molecule has 3 aromatic carbocycles. The Bertz CT molecular complexity index is 1570. The van der Waals surface area contributed by atoms with Crippen molar-refractivity contribution in [3.8, 4) is 16.9 Å². The van der Waals surface area contributed by atoms with E-state index in [2.05, 4.69) is 15.3 Å². The normalized spacial score (nSPS) is 11.7. The second-order valence-corrected chi connectivity index (χ2v) is 9.11. The Kier molecular flexibility index (Phi) is 7.33. The Hall–Kier alpha value is -4.69. The minimum atomic E-state index is -1.14. The van der Waals surface area contributed by atoms with Crippen LogP contribution in [-0.4, -0.2) is 37.4 Å². The zero-order valence-corrected chi connectivity index (χ0v) is 20.9. The molecule has 1 unspecified atom stereocenters. The van der Waals surface area contributed by atoms with Gasteiger partial charge in [0.1, 0.15) is 24.1 Å². The van der Waals surface area contributed by atoms with E-state index in [-0.39, 0.29) is 12.1 Å². The van der Waals surface area contributed by atoms with Gasteiger partial charge in [0.2, 0.25) is 5.78 Å². The van der Waals surface area contributed by atoms with Crippen molar-refractivity contribution in [1.29, 1.82) is 0 Å². The van der Waals surface area contributed by atoms with Gasteiger partial charge in [-0.15, -0.1) is 0 Å². The average Bonchev–Trinajstić information content (AvgIpc) is 3.37. The first-order chi connectivity index (χ1) is 18.4. The molecule has 2 N–H and O–H groups in total. The van der Waals surface area contributed by atoms with Gasteiger partial charge in [-0.1, -0.05) is 66.2 Å². The third-order valence-electron chi connectivity index (χ3n) is 5.94. The SMILES string of the molecule is O=C(NC(Cc1ccc(OCc2ccccc2)cc1)C(=O)O)c1cn2cc(-c3ccc(Cl)cc3)cnc2n1. The summed E-state index contributed by atoms with van der Waals surface area (Å²) >= 11 is 5.97. The summed E-state index contributed by atoms with van der Waals surface area (Å²) < 4.78 is 7.41. The number of carboxylic acids is 1. The van der Waals surface area contributed by atoms with Gasteiger partial charge in [0.15, 0.2) is 0 Å². The molecule has 0 aliphatic carbocycles. The number of aliphatic carboxylic acids is 1. The third kappa shape index (κ3) is 5.99. The standard InChI is InChI=1S/C29H23ClN4O4/c30-23-10-8-21(9-11-23)22-15-31-29-33-26(17-34(29)16-22)27(35)32-25(28(36)37)14-19-6-12-24(13-7-19)38-18-20-4-2-1-3-5-20/h1-13,15-17,25H,14,18H2,(H,32,35)(H,36,37). The van der Waals surface area contributed by atoms with Crippen molar-refractivity contribution >= 4 is 29.3 Å². The molecule has 0 bridgehead atoms. The summed E-state index contributed by atoms with van der Waals surface area (Å²) in [5, 5.41) is 12.9. The molecule has 190 valence electrons. The lowest BCUT2D eigenvalue weighted by Gasteiger charge is -2.14. The van der Waals surface area contributed by atoms with Crippen LogP contribution in [-0.2, 0) is 17.8 Å². The number of hydrogen-bond donors (Lipinski definition) is 2. The number of halogens is 1. The van der Waals surface area contributed by atoms with Crippen molar-refractivity contribution in [3.05, 3.63) is 119 Å². The summed E-state index contributed by atoms with van der Waals surface area (Å²) in [4.78, 5) is 33.3. The van der Waals surface area contributed by atoms with E-state index in [9.17, 15) is 14.7 Å². The lowest BCUT2D eigenvalue weighted by molar-refractivity contribution is -0.139. The minimum absolute atomic E-state index is 0.0710. The Balaban J connectivity index is 1.24. The fourth-order valence-corrected chi connectivity index (χ4v) is 4.04. The maximum atomic E-state index is 12.9. The number of ether oxygens (including phenoxy) is 1. The van der Waals surface area contributed by atoms with Crippen LogP contribution in [0.4, 0.5) is 0 Å². The van der Waals surface area contributed by atoms with E-state index in [0.29, 0.717) is 23.2 Å². The fraction of sp³-hybridized carbons (Fsp3) is 0.103. The van der Waals surface area contributed by atoms with Crippen molar-refractivity contribution in [2.45, 2.75) is 19.1 Å². The fourth-order valence-electron chi connectivity index (χ4n) is 3.92. The highest BCUT2D eigenvalue weighted by atomic mass is 35.5. The zero-order chi connectivity index (χ0) is 26.5. The first kappa shape index (κ1) is 25.0. The van der Waals surface area contributed by atoms with Crippen LogP contribution in [0.5, 0.6) is 5.75 Å². The second kappa shape index (κ2) is 11.1. The number of imidazole rings is 1. The van der Waals surface area contributed by atoms with Crippen LogP contribution in [0, 0.1) is 0 Å². The highest BCUT2D eigenvalue weighted by Gasteiger charge is 2.23. The van der Waals surface area contributed by atoms with Crippen LogP contribution in [0.25, 0.3) is 16.9 Å². The molecule has 0 aliphatic rings. The first-order valence-corrected chi connectivity index (χ1v) is 12.2. The van der Waals surface area contributed by atoms with Crippen molar-refractivity contribution in [3.63, 3.8) is 0 Å². The lowest BCUT2D eigenvalue weighted by Crippen LogP contribution is -2.42. The van der Waals surface area contributed by atoms with Gasteiger partial charge in [-0.3, -0.25) is 9.20 Å². The molecule has 8 nitrogen and oxygen atoms in total. The molecule has 1 atom stereocenters. The van der Waals surface area contributed by atoms with E-state index in [0.717, 1.165) is 22.3 Å². The summed E-state index contributed by atoms with van der Waals surface area (Å²) in [6, 6.07) is 23.1. The molecule has 38 heavy (non-hydrogen) atoms. The van der Waals surface area contributed by atoms with Gasteiger partial charge in [0.25, 0.3) is 5.91 Å². The summed E-state index contributed by atoms with van der Waals surface area (Å²) in [7, 11) is 0. The van der Waals surface area contributed by atoms with E-state index in [1.807, 2.05) is 42.5 Å². The molecule has 5 aromatic rings. The van der Waals surface area contributed by atoms with Crippen LogP contribution < -0.4 is 10.1 Å². The molecule has 0 saturated heterocycles. The van der Waals surface area contributed by atoms with Gasteiger partial charge >= 0.3 is 5.97 Å². The molecular formula is C29H23ClN4O4. The van der Waals surface area contributed by atoms with Crippen LogP contribution in [0.15, 0.2) is 97.5 Å². The number of rotatable bonds is 9. The number of carbonyl (C=O) groups excluding carboxylic acids is 1. The molecule has 0 spiro atoms. The second-order valence-electron chi connectivity index (χ2n) is 8.67. The molecule has 1 amide bonds. The van der Waals surface area contributed by atoms with E-state index in [1.165, 1.54) is 6.20 Å². The summed E-state index contributed by atoms with van der Waals surface area (Å²) in [6.45, 7) is 0.434. The molecule has 9 heteroatoms. The highest BCUT2D eigenvalue weighted by Crippen LogP contribution is 2.21. The summed E-state index contributed by atoms with van der Waals surface area (Å²) in [5.41, 5.74) is 3.59. The van der Waals surface area contributed by atoms with E-state index in [1.54, 1.807) is 53.2 Å². The Morgan fingerprint density at radius 2 is 1.66 bits per heavy atom. The molecular weight excluding hydrogens is 504 g/mol. The smallest absolute Gasteiger partial charge is 0.326 e. The highest BCUT2D eigenvalue weighted by molar-refractivity contribution is 6.30. The van der Waals surface area contributed by atoms with E-state index < -0.39 is 17.9 Å². The summed E-state index contributed by atoms with van der Waals surface area (Å²) in [5.74, 6) is -0.747. The number of hydrogen-bond acceptors (Lipinski definition) is 5. The number of carbonyl (C=O) groups is 2. The Labute approximate surface area is 223 Å². The third-order valence-corrected chi connectivity index (χ3v) is 6.19. The van der Waals surface area contributed by atoms with Gasteiger partial charge in [0.05, 0.1) is 0 Å². The van der Waals surface area contributed by atoms with Gasteiger partial charge < -0.3 is 15.2 Å². The summed E-state index contributed by atoms with van der Waals surface area (Å²) in [6.07, 6.45) is 5.08. The monoisotopic (exact) mass is 526 g/mol. The maximum absolute atomic E-state index is 12.9. The quantitative estimate of drug-likeness (QED) is 0.278. The molecule has 0 fully saturated rings. The molecule has 0 aliphatic heterocycles. The van der Waals surface area contributed by atoms with Crippen LogP contribution in [0.1, 0.15) is 21.6 Å². The zero-order valence-electron chi connectivity index (χ0n) is 20.1. The van der Waals surface area contributed by atoms with Crippen molar-refractivity contribution in [1.82, 2.24) is 19.7 Å². The van der Waals surface area contributed by atoms with Gasteiger partial charge in [-0.25, -0.2) is 14.8 Å². The van der Waals surface area contributed by atoms with Gasteiger partial charge in [-0.2, -0.15) is 0 Å². The molecule has 2 aromatic heterocycles. The number of fused-ring (bicyclic) bond motifs is 1. The van der Waals surface area contributed by atoms with Crippen molar-refractivity contribution < 1.29 is 19.4 Å². The molecule has 5 rings (SSSR count). The maximum Gasteiger partial charge on any atom is 0.326 e. The lowest BCUT2D eigenvalue weighted by atomic mass is 10.1. The van der Waals surface area contributed by atoms with Crippen LogP contribution >= 0.6 is 11.6 Å². The first-order valence-electron chi connectivity index (χ1n) is 11.8. The largest absolute Gasteiger partial charge is 0.489 e. The van der Waals surface area contributed by atoms with Gasteiger partial charge in [-0.05, 0) is 41.0 Å². The molecule has 0 radical (unpaired) electrons. The van der Waals surface area contributed by atoms with E-state index in [4.69, 9.17) is 16.3 Å². The Morgan fingerprint density at radius 3 is 2.37 bits per heavy atom. The van der Waals surface area contributed by atoms with Gasteiger partial charge in [0, 0.05) is 35.6 Å². The minimum Gasteiger partial charge on any atom is -0.489 e. The van der Waals surface area contributed by atoms with Crippen molar-refractivity contribution in [2.24, 2.45) is 0 Å². The van der Waals surface area contributed by atoms with Crippen molar-refractivity contribution in [2.75, 3.05) is 0 Å². The van der Waals surface area contributed by atoms with Crippen LogP contribution in [0.2, 0.25) is 5.02 Å².